The number of carbonyl (C=O) groups is 4. The van der Waals surface area contributed by atoms with Gasteiger partial charge in [0, 0.05) is 28.6 Å². The first-order valence-electron chi connectivity index (χ1n) is 9.89. The van der Waals surface area contributed by atoms with Crippen LogP contribution in [0.2, 0.25) is 5.02 Å². The van der Waals surface area contributed by atoms with Gasteiger partial charge in [-0.05, 0) is 49.1 Å². The quantitative estimate of drug-likeness (QED) is 0.609. The van der Waals surface area contributed by atoms with E-state index in [0.717, 1.165) is 16.0 Å². The van der Waals surface area contributed by atoms with E-state index in [1.807, 2.05) is 19.1 Å². The Morgan fingerprint density at radius 2 is 2.10 bits per heavy atom. The van der Waals surface area contributed by atoms with Crippen molar-refractivity contribution in [2.45, 2.75) is 45.3 Å². The highest BCUT2D eigenvalue weighted by atomic mass is 35.5. The number of rotatable bonds is 4. The summed E-state index contributed by atoms with van der Waals surface area (Å²) in [6.45, 7) is 2.48. The standard InChI is InChI=1S/C21H21ClN4O4S/c1-11-5-6-13(8-15(11)22)24-21(30)23-9-14-7-12-10-26(20(29)18(12)31-14)16-3-2-4-17(27)25-19(16)28/h5-8,16H,2-4,9-10H2,1H3,(H2,23,24,30)(H,25,27,28). The molecule has 2 aliphatic rings. The van der Waals surface area contributed by atoms with E-state index in [1.165, 1.54) is 16.2 Å². The zero-order chi connectivity index (χ0) is 22.1. The summed E-state index contributed by atoms with van der Waals surface area (Å²) in [5, 5.41) is 8.42. The zero-order valence-corrected chi connectivity index (χ0v) is 18.4. The third-order valence-corrected chi connectivity index (χ3v) is 6.90. The number of carbonyl (C=O) groups excluding carboxylic acids is 4. The van der Waals surface area contributed by atoms with Crippen LogP contribution in [-0.4, -0.2) is 34.7 Å². The number of nitrogens with one attached hydrogen (secondary N) is 3. The summed E-state index contributed by atoms with van der Waals surface area (Å²) in [5.74, 6) is -0.922. The van der Waals surface area contributed by atoms with Crippen LogP contribution in [0.1, 0.15) is 44.9 Å². The summed E-state index contributed by atoms with van der Waals surface area (Å²) in [5.41, 5.74) is 2.35. The SMILES string of the molecule is Cc1ccc(NC(=O)NCc2cc3c(s2)C(=O)N(C2CCCC(=O)NC2=O)C3)cc1Cl. The molecule has 5 amide bonds. The molecular weight excluding hydrogens is 440 g/mol. The molecule has 8 nitrogen and oxygen atoms in total. The first kappa shape index (κ1) is 21.3. The fourth-order valence-corrected chi connectivity index (χ4v) is 4.94. The van der Waals surface area contributed by atoms with E-state index in [4.69, 9.17) is 11.6 Å². The highest BCUT2D eigenvalue weighted by molar-refractivity contribution is 7.14. The monoisotopic (exact) mass is 460 g/mol. The summed E-state index contributed by atoms with van der Waals surface area (Å²) >= 11 is 7.38. The fourth-order valence-electron chi connectivity index (χ4n) is 3.69. The molecule has 0 radical (unpaired) electrons. The summed E-state index contributed by atoms with van der Waals surface area (Å²) in [7, 11) is 0. The molecule has 31 heavy (non-hydrogen) atoms. The van der Waals surface area contributed by atoms with Crippen LogP contribution in [0, 0.1) is 6.92 Å². The smallest absolute Gasteiger partial charge is 0.319 e. The first-order valence-corrected chi connectivity index (χ1v) is 11.1. The maximum absolute atomic E-state index is 12.8. The molecule has 0 spiro atoms. The number of hydrogen-bond acceptors (Lipinski definition) is 5. The minimum atomic E-state index is -0.632. The van der Waals surface area contributed by atoms with Gasteiger partial charge in [0.1, 0.15) is 6.04 Å². The van der Waals surface area contributed by atoms with Crippen LogP contribution in [-0.2, 0) is 22.7 Å². The van der Waals surface area contributed by atoms with E-state index in [-0.39, 0.29) is 24.4 Å². The van der Waals surface area contributed by atoms with Gasteiger partial charge in [-0.3, -0.25) is 19.7 Å². The van der Waals surface area contributed by atoms with Gasteiger partial charge in [0.15, 0.2) is 0 Å². The molecule has 10 heteroatoms. The Balaban J connectivity index is 1.35. The van der Waals surface area contributed by atoms with Crippen LogP contribution >= 0.6 is 22.9 Å². The number of hydrogen-bond donors (Lipinski definition) is 3. The van der Waals surface area contributed by atoms with Crippen molar-refractivity contribution in [3.8, 4) is 0 Å². The number of nitrogens with zero attached hydrogens (tertiary/aromatic N) is 1. The molecule has 0 bridgehead atoms. The number of aryl methyl sites for hydroxylation is 1. The predicted molar refractivity (Wildman–Crippen MR) is 117 cm³/mol. The number of amides is 5. The van der Waals surface area contributed by atoms with Crippen molar-refractivity contribution >= 4 is 52.4 Å². The number of anilines is 1. The molecule has 1 aromatic heterocycles. The van der Waals surface area contributed by atoms with Crippen LogP contribution in [0.5, 0.6) is 0 Å². The molecule has 2 aromatic rings. The fraction of sp³-hybridized carbons (Fsp3) is 0.333. The molecule has 162 valence electrons. The molecule has 4 rings (SSSR count). The number of imide groups is 1. The van der Waals surface area contributed by atoms with Crippen molar-refractivity contribution in [3.63, 3.8) is 0 Å². The maximum atomic E-state index is 12.8. The molecule has 3 N–H and O–H groups in total. The lowest BCUT2D eigenvalue weighted by molar-refractivity contribution is -0.132. The average molecular weight is 461 g/mol. The molecule has 2 aliphatic heterocycles. The van der Waals surface area contributed by atoms with E-state index < -0.39 is 11.9 Å². The Bertz CT molecular complexity index is 1080. The largest absolute Gasteiger partial charge is 0.333 e. The van der Waals surface area contributed by atoms with Crippen molar-refractivity contribution in [1.82, 2.24) is 15.5 Å². The Morgan fingerprint density at radius 3 is 2.84 bits per heavy atom. The van der Waals surface area contributed by atoms with E-state index in [0.29, 0.717) is 41.4 Å². The van der Waals surface area contributed by atoms with Crippen molar-refractivity contribution < 1.29 is 19.2 Å². The highest BCUT2D eigenvalue weighted by Crippen LogP contribution is 2.33. The van der Waals surface area contributed by atoms with E-state index >= 15 is 0 Å². The molecule has 1 unspecified atom stereocenters. The zero-order valence-electron chi connectivity index (χ0n) is 16.8. The summed E-state index contributed by atoms with van der Waals surface area (Å²) in [4.78, 5) is 51.8. The van der Waals surface area contributed by atoms with Gasteiger partial charge < -0.3 is 15.5 Å². The maximum Gasteiger partial charge on any atom is 0.319 e. The number of fused-ring (bicyclic) bond motifs is 1. The van der Waals surface area contributed by atoms with Gasteiger partial charge in [0.05, 0.1) is 11.4 Å². The van der Waals surface area contributed by atoms with Gasteiger partial charge in [-0.25, -0.2) is 4.79 Å². The summed E-state index contributed by atoms with van der Waals surface area (Å²) < 4.78 is 0. The molecular formula is C21H21ClN4O4S. The van der Waals surface area contributed by atoms with Crippen LogP contribution in [0.3, 0.4) is 0 Å². The first-order chi connectivity index (χ1) is 14.8. The van der Waals surface area contributed by atoms with Crippen LogP contribution < -0.4 is 16.0 Å². The van der Waals surface area contributed by atoms with Crippen molar-refractivity contribution in [2.24, 2.45) is 0 Å². The lowest BCUT2D eigenvalue weighted by Crippen LogP contribution is -2.46. The number of thiophene rings is 1. The topological polar surface area (TPSA) is 108 Å². The van der Waals surface area contributed by atoms with Crippen molar-refractivity contribution in [2.75, 3.05) is 5.32 Å². The van der Waals surface area contributed by atoms with Gasteiger partial charge in [0.25, 0.3) is 5.91 Å². The highest BCUT2D eigenvalue weighted by Gasteiger charge is 2.39. The molecule has 1 saturated heterocycles. The molecule has 3 heterocycles. The molecule has 1 fully saturated rings. The third kappa shape index (κ3) is 4.57. The lowest BCUT2D eigenvalue weighted by atomic mass is 10.1. The van der Waals surface area contributed by atoms with E-state index in [9.17, 15) is 19.2 Å². The van der Waals surface area contributed by atoms with Gasteiger partial charge >= 0.3 is 6.03 Å². The third-order valence-electron chi connectivity index (χ3n) is 5.33. The van der Waals surface area contributed by atoms with Crippen LogP contribution in [0.15, 0.2) is 24.3 Å². The average Bonchev–Trinajstić information content (AvgIpc) is 3.19. The molecule has 1 atom stereocenters. The molecule has 1 aromatic carbocycles. The lowest BCUT2D eigenvalue weighted by Gasteiger charge is -2.24. The summed E-state index contributed by atoms with van der Waals surface area (Å²) in [6, 6.07) is 6.14. The van der Waals surface area contributed by atoms with Gasteiger partial charge in [0.2, 0.25) is 11.8 Å². The Kier molecular flexibility index (Phi) is 5.97. The minimum absolute atomic E-state index is 0.209. The second kappa shape index (κ2) is 8.68. The second-order valence-corrected chi connectivity index (χ2v) is 9.14. The molecule has 0 saturated carbocycles. The van der Waals surface area contributed by atoms with Crippen LogP contribution in [0.4, 0.5) is 10.5 Å². The van der Waals surface area contributed by atoms with E-state index in [2.05, 4.69) is 16.0 Å². The Morgan fingerprint density at radius 1 is 1.29 bits per heavy atom. The number of halogens is 1. The predicted octanol–water partition coefficient (Wildman–Crippen LogP) is 3.18. The number of urea groups is 1. The second-order valence-electron chi connectivity index (χ2n) is 7.59. The Hall–Kier alpha value is -2.91. The van der Waals surface area contributed by atoms with Crippen LogP contribution in [0.25, 0.3) is 0 Å². The minimum Gasteiger partial charge on any atom is -0.333 e. The summed E-state index contributed by atoms with van der Waals surface area (Å²) in [6.07, 6.45) is 1.32. The van der Waals surface area contributed by atoms with Crippen molar-refractivity contribution in [3.05, 3.63) is 50.2 Å². The van der Waals surface area contributed by atoms with Crippen molar-refractivity contribution in [1.29, 1.82) is 0 Å². The van der Waals surface area contributed by atoms with Gasteiger partial charge in [-0.2, -0.15) is 0 Å². The van der Waals surface area contributed by atoms with Gasteiger partial charge in [-0.15, -0.1) is 11.3 Å². The molecule has 0 aliphatic carbocycles. The Labute approximate surface area is 187 Å². The normalized spacial score (nSPS) is 18.5. The van der Waals surface area contributed by atoms with E-state index in [1.54, 1.807) is 12.1 Å². The van der Waals surface area contributed by atoms with Gasteiger partial charge in [-0.1, -0.05) is 17.7 Å². The number of benzene rings is 1.